The van der Waals surface area contributed by atoms with Gasteiger partial charge in [-0.3, -0.25) is 24.4 Å². The van der Waals surface area contributed by atoms with E-state index in [1.807, 2.05) is 0 Å². The van der Waals surface area contributed by atoms with E-state index in [-0.39, 0.29) is 16.6 Å². The lowest BCUT2D eigenvalue weighted by Crippen LogP contribution is -2.27. The van der Waals surface area contributed by atoms with Gasteiger partial charge in [0.05, 0.1) is 5.39 Å². The number of aromatic amines is 1. The number of nitrogens with one attached hydrogen (secondary N) is 1. The summed E-state index contributed by atoms with van der Waals surface area (Å²) in [6, 6.07) is 3.19. The molecule has 0 bridgehead atoms. The van der Waals surface area contributed by atoms with Crippen molar-refractivity contribution in [2.45, 2.75) is 0 Å². The fourth-order valence-electron chi connectivity index (χ4n) is 1.18. The summed E-state index contributed by atoms with van der Waals surface area (Å²) in [6.45, 7) is 0. The van der Waals surface area contributed by atoms with Gasteiger partial charge in [0.2, 0.25) is 0 Å². The van der Waals surface area contributed by atoms with Crippen LogP contribution in [0.2, 0.25) is 0 Å². The third kappa shape index (κ3) is 1.05. The number of pyridine rings is 1. The van der Waals surface area contributed by atoms with Crippen LogP contribution in [0.1, 0.15) is 0 Å². The molecule has 0 aromatic carbocycles. The molecule has 0 aliphatic heterocycles. The summed E-state index contributed by atoms with van der Waals surface area (Å²) < 4.78 is 1.12. The number of hydrogen-bond donors (Lipinski definition) is 1. The average Bonchev–Trinajstić information content (AvgIpc) is 2.15. The Bertz CT molecular complexity index is 567. The minimum atomic E-state index is -0.301. The van der Waals surface area contributed by atoms with E-state index in [9.17, 15) is 9.59 Å². The molecule has 5 nitrogen and oxygen atoms in total. The SMILES string of the molecule is Cn1[nH]c(=O)c2cccnc2c1=O. The Morgan fingerprint density at radius 3 is 3.00 bits per heavy atom. The van der Waals surface area contributed by atoms with E-state index < -0.39 is 0 Å². The molecular formula is C8H7N3O2. The van der Waals surface area contributed by atoms with Crippen LogP contribution in [0.25, 0.3) is 10.9 Å². The first-order chi connectivity index (χ1) is 6.20. The average molecular weight is 177 g/mol. The molecule has 0 amide bonds. The summed E-state index contributed by atoms with van der Waals surface area (Å²) in [6.07, 6.45) is 1.49. The Hall–Kier alpha value is -1.91. The standard InChI is InChI=1S/C8H7N3O2/c1-11-8(13)6-5(7(12)10-11)3-2-4-9-6/h2-4H,1H3,(H,10,12). The lowest BCUT2D eigenvalue weighted by atomic mass is 10.3. The van der Waals surface area contributed by atoms with Crippen molar-refractivity contribution in [3.63, 3.8) is 0 Å². The second-order valence-corrected chi connectivity index (χ2v) is 2.70. The van der Waals surface area contributed by atoms with Gasteiger partial charge in [0, 0.05) is 13.2 Å². The highest BCUT2D eigenvalue weighted by Crippen LogP contribution is 1.96. The molecule has 0 spiro atoms. The molecule has 0 fully saturated rings. The maximum Gasteiger partial charge on any atom is 0.291 e. The summed E-state index contributed by atoms with van der Waals surface area (Å²) in [5.74, 6) is 0. The maximum absolute atomic E-state index is 11.4. The van der Waals surface area contributed by atoms with E-state index in [2.05, 4.69) is 10.1 Å². The lowest BCUT2D eigenvalue weighted by Gasteiger charge is -1.98. The van der Waals surface area contributed by atoms with E-state index in [0.29, 0.717) is 5.39 Å². The highest BCUT2D eigenvalue weighted by atomic mass is 16.2. The second kappa shape index (κ2) is 2.55. The zero-order chi connectivity index (χ0) is 9.42. The van der Waals surface area contributed by atoms with Crippen LogP contribution in [-0.2, 0) is 7.05 Å². The summed E-state index contributed by atoms with van der Waals surface area (Å²) >= 11 is 0. The van der Waals surface area contributed by atoms with Crippen LogP contribution < -0.4 is 11.1 Å². The Balaban J connectivity index is 3.15. The minimum Gasteiger partial charge on any atom is -0.267 e. The molecule has 0 aliphatic rings. The molecule has 66 valence electrons. The van der Waals surface area contributed by atoms with E-state index in [1.54, 1.807) is 12.1 Å². The fourth-order valence-corrected chi connectivity index (χ4v) is 1.18. The number of fused-ring (bicyclic) bond motifs is 1. The number of aryl methyl sites for hydroxylation is 1. The molecule has 0 unspecified atom stereocenters. The van der Waals surface area contributed by atoms with Crippen molar-refractivity contribution >= 4 is 10.9 Å². The van der Waals surface area contributed by atoms with Gasteiger partial charge in [0.25, 0.3) is 11.1 Å². The van der Waals surface area contributed by atoms with Gasteiger partial charge in [0.15, 0.2) is 0 Å². The molecule has 0 saturated heterocycles. The van der Waals surface area contributed by atoms with Crippen molar-refractivity contribution < 1.29 is 0 Å². The van der Waals surface area contributed by atoms with Crippen molar-refractivity contribution in [1.82, 2.24) is 14.8 Å². The van der Waals surface area contributed by atoms with Crippen molar-refractivity contribution in [1.29, 1.82) is 0 Å². The summed E-state index contributed by atoms with van der Waals surface area (Å²) in [5, 5.41) is 2.71. The van der Waals surface area contributed by atoms with Crippen LogP contribution in [0.3, 0.4) is 0 Å². The Labute approximate surface area is 72.6 Å². The number of hydrogen-bond acceptors (Lipinski definition) is 3. The third-order valence-corrected chi connectivity index (χ3v) is 1.83. The zero-order valence-corrected chi connectivity index (χ0v) is 6.94. The summed E-state index contributed by atoms with van der Waals surface area (Å²) in [7, 11) is 1.48. The molecule has 2 aromatic rings. The zero-order valence-electron chi connectivity index (χ0n) is 6.94. The van der Waals surface area contributed by atoms with Crippen molar-refractivity contribution in [2.24, 2.45) is 7.05 Å². The van der Waals surface area contributed by atoms with E-state index in [0.717, 1.165) is 4.68 Å². The van der Waals surface area contributed by atoms with Crippen LogP contribution in [0.4, 0.5) is 0 Å². The molecule has 5 heteroatoms. The number of H-pyrrole nitrogens is 1. The number of aromatic nitrogens is 3. The highest BCUT2D eigenvalue weighted by Gasteiger charge is 2.03. The molecule has 2 rings (SSSR count). The molecule has 1 N–H and O–H groups in total. The monoisotopic (exact) mass is 177 g/mol. The van der Waals surface area contributed by atoms with Gasteiger partial charge < -0.3 is 0 Å². The predicted octanol–water partition coefficient (Wildman–Crippen LogP) is -0.378. The van der Waals surface area contributed by atoms with Gasteiger partial charge in [0.1, 0.15) is 5.52 Å². The topological polar surface area (TPSA) is 67.8 Å². The van der Waals surface area contributed by atoms with Gasteiger partial charge in [-0.25, -0.2) is 0 Å². The van der Waals surface area contributed by atoms with Gasteiger partial charge in [-0.1, -0.05) is 0 Å². The predicted molar refractivity (Wildman–Crippen MR) is 47.6 cm³/mol. The smallest absolute Gasteiger partial charge is 0.267 e. The molecular weight excluding hydrogens is 170 g/mol. The van der Waals surface area contributed by atoms with E-state index >= 15 is 0 Å². The molecule has 0 aliphatic carbocycles. The minimum absolute atomic E-state index is 0.203. The van der Waals surface area contributed by atoms with Gasteiger partial charge in [-0.05, 0) is 12.1 Å². The first-order valence-electron chi connectivity index (χ1n) is 3.74. The van der Waals surface area contributed by atoms with E-state index in [1.165, 1.54) is 13.2 Å². The fraction of sp³-hybridized carbons (Fsp3) is 0.125. The Morgan fingerprint density at radius 2 is 2.23 bits per heavy atom. The van der Waals surface area contributed by atoms with Crippen molar-refractivity contribution in [3.05, 3.63) is 39.0 Å². The van der Waals surface area contributed by atoms with Gasteiger partial charge >= 0.3 is 0 Å². The number of nitrogens with zero attached hydrogens (tertiary/aromatic N) is 2. The van der Waals surface area contributed by atoms with Crippen LogP contribution >= 0.6 is 0 Å². The van der Waals surface area contributed by atoms with Crippen LogP contribution in [0.5, 0.6) is 0 Å². The van der Waals surface area contributed by atoms with Gasteiger partial charge in [-0.15, -0.1) is 0 Å². The maximum atomic E-state index is 11.4. The van der Waals surface area contributed by atoms with Gasteiger partial charge in [-0.2, -0.15) is 0 Å². The van der Waals surface area contributed by atoms with Crippen molar-refractivity contribution in [2.75, 3.05) is 0 Å². The largest absolute Gasteiger partial charge is 0.291 e. The van der Waals surface area contributed by atoms with Crippen LogP contribution in [-0.4, -0.2) is 14.8 Å². The quantitative estimate of drug-likeness (QED) is 0.596. The third-order valence-electron chi connectivity index (χ3n) is 1.83. The second-order valence-electron chi connectivity index (χ2n) is 2.70. The molecule has 2 aromatic heterocycles. The summed E-state index contributed by atoms with van der Waals surface area (Å²) in [5.41, 5.74) is -0.394. The molecule has 0 radical (unpaired) electrons. The first-order valence-corrected chi connectivity index (χ1v) is 3.74. The summed E-state index contributed by atoms with van der Waals surface area (Å²) in [4.78, 5) is 26.6. The van der Waals surface area contributed by atoms with Crippen LogP contribution in [0, 0.1) is 0 Å². The Morgan fingerprint density at radius 1 is 1.46 bits per heavy atom. The molecule has 0 saturated carbocycles. The van der Waals surface area contributed by atoms with Crippen LogP contribution in [0.15, 0.2) is 27.9 Å². The molecule has 13 heavy (non-hydrogen) atoms. The highest BCUT2D eigenvalue weighted by molar-refractivity contribution is 5.75. The lowest BCUT2D eigenvalue weighted by molar-refractivity contribution is 0.702. The molecule has 0 atom stereocenters. The first kappa shape index (κ1) is 7.72. The van der Waals surface area contributed by atoms with E-state index in [4.69, 9.17) is 0 Å². The molecule has 2 heterocycles. The van der Waals surface area contributed by atoms with Crippen molar-refractivity contribution in [3.8, 4) is 0 Å². The Kier molecular flexibility index (Phi) is 1.51. The number of rotatable bonds is 0. The normalized spacial score (nSPS) is 10.5.